The largest absolute Gasteiger partial charge is 0.477 e. The van der Waals surface area contributed by atoms with E-state index in [1.807, 2.05) is 43.0 Å². The SMILES string of the molecule is Cc1cc2cc(n1)-c1cnn(C)c1OCCC[C@@H](C)CN1/C(=N/C2=O)Nc2ccc(C(=O)N(C)[C@@H]3CCN(CCc4cc(F)c([C@H]5CCC(=O)NC5=O)c(F)c4)C[C@H]3C)cc21. The molecule has 4 atom stereocenters. The first-order chi connectivity index (χ1) is 29.2. The highest BCUT2D eigenvalue weighted by atomic mass is 19.1. The number of carbonyl (C=O) groups is 4. The van der Waals surface area contributed by atoms with Crippen LogP contribution in [0.2, 0.25) is 0 Å². The molecule has 0 saturated carbocycles. The van der Waals surface area contributed by atoms with Crippen molar-refractivity contribution in [2.45, 2.75) is 71.3 Å². The van der Waals surface area contributed by atoms with Crippen LogP contribution in [0.1, 0.15) is 89.4 Å². The van der Waals surface area contributed by atoms with Crippen molar-refractivity contribution in [1.82, 2.24) is 29.9 Å². The highest BCUT2D eigenvalue weighted by molar-refractivity contribution is 6.19. The number of carbonyl (C=O) groups excluding carboxylic acids is 4. The molecule has 0 spiro atoms. The molecule has 2 N–H and O–H groups in total. The van der Waals surface area contributed by atoms with Crippen LogP contribution in [0, 0.1) is 30.4 Å². The van der Waals surface area contributed by atoms with Crippen LogP contribution in [-0.4, -0.2) is 100 Å². The summed E-state index contributed by atoms with van der Waals surface area (Å²) < 4.78 is 38.2. The lowest BCUT2D eigenvalue weighted by Gasteiger charge is -2.41. The Morgan fingerprint density at radius 2 is 1.79 bits per heavy atom. The van der Waals surface area contributed by atoms with Gasteiger partial charge in [0.25, 0.3) is 11.8 Å². The summed E-state index contributed by atoms with van der Waals surface area (Å²) in [6.07, 6.45) is 4.56. The van der Waals surface area contributed by atoms with E-state index in [1.54, 1.807) is 29.1 Å². The molecule has 0 radical (unpaired) electrons. The van der Waals surface area contributed by atoms with Crippen LogP contribution in [-0.2, 0) is 23.1 Å². The van der Waals surface area contributed by atoms with Crippen molar-refractivity contribution in [2.24, 2.45) is 23.9 Å². The van der Waals surface area contributed by atoms with Gasteiger partial charge in [-0.15, -0.1) is 0 Å². The lowest BCUT2D eigenvalue weighted by molar-refractivity contribution is -0.134. The van der Waals surface area contributed by atoms with Gasteiger partial charge >= 0.3 is 0 Å². The summed E-state index contributed by atoms with van der Waals surface area (Å²) in [6.45, 7) is 9.09. The number of hydrogen-bond acceptors (Lipinski definition) is 10. The summed E-state index contributed by atoms with van der Waals surface area (Å²) in [4.78, 5) is 67.2. The van der Waals surface area contributed by atoms with E-state index < -0.39 is 35.3 Å². The molecule has 4 aliphatic heterocycles. The van der Waals surface area contributed by atoms with Gasteiger partial charge in [-0.3, -0.25) is 29.5 Å². The predicted octanol–water partition coefficient (Wildman–Crippen LogP) is 5.85. The third kappa shape index (κ3) is 8.63. The smallest absolute Gasteiger partial charge is 0.280 e. The Balaban J connectivity index is 0.944. The zero-order valence-electron chi connectivity index (χ0n) is 35.1. The van der Waals surface area contributed by atoms with Crippen molar-refractivity contribution in [3.05, 3.63) is 88.2 Å². The van der Waals surface area contributed by atoms with Gasteiger partial charge in [0.05, 0.1) is 41.4 Å². The van der Waals surface area contributed by atoms with E-state index in [2.05, 4.69) is 44.5 Å². The quantitative estimate of drug-likeness (QED) is 0.226. The van der Waals surface area contributed by atoms with E-state index >= 15 is 8.78 Å². The standard InChI is InChI=1S/C45H51F2N9O5/c1-25-7-6-16-61-44-32(22-48-54(44)5)36-20-30(17-27(3)49-36)41(58)52-45-50-35-10-8-29(21-38(35)56(45)23-25)43(60)53(4)37-13-15-55(24-26(37)2)14-12-28-18-33(46)40(34(47)19-28)31-9-11-39(57)51-42(31)59/h8,10,17-22,25-26,31,37H,6-7,9,11-16,23-24H2,1-5H3,(H,50,52,58)(H,51,57,59)/t25-,26-,31-,37-/m1/s1. The van der Waals surface area contributed by atoms with Gasteiger partial charge in [-0.1, -0.05) is 13.8 Å². The summed E-state index contributed by atoms with van der Waals surface area (Å²) >= 11 is 0. The summed E-state index contributed by atoms with van der Waals surface area (Å²) in [7, 11) is 3.65. The number of fused-ring (bicyclic) bond motifs is 7. The fourth-order valence-corrected chi connectivity index (χ4v) is 9.16. The molecule has 16 heteroatoms. The highest BCUT2D eigenvalue weighted by Gasteiger charge is 2.35. The van der Waals surface area contributed by atoms with Gasteiger partial charge < -0.3 is 24.8 Å². The van der Waals surface area contributed by atoms with E-state index in [9.17, 15) is 19.2 Å². The minimum atomic E-state index is -1.03. The van der Waals surface area contributed by atoms with E-state index in [0.717, 1.165) is 30.6 Å². The first-order valence-electron chi connectivity index (χ1n) is 21.0. The molecule has 8 rings (SSSR count). The molecule has 6 heterocycles. The lowest BCUT2D eigenvalue weighted by Crippen LogP contribution is -2.51. The van der Waals surface area contributed by atoms with E-state index in [4.69, 9.17) is 4.74 Å². The normalized spacial score (nSPS) is 23.0. The maximum Gasteiger partial charge on any atom is 0.280 e. The van der Waals surface area contributed by atoms with Crippen LogP contribution in [0.3, 0.4) is 0 Å². The average Bonchev–Trinajstić information content (AvgIpc) is 3.76. The Morgan fingerprint density at radius 3 is 2.54 bits per heavy atom. The Bertz CT molecular complexity index is 2410. The summed E-state index contributed by atoms with van der Waals surface area (Å²) in [6, 6.07) is 11.5. The van der Waals surface area contributed by atoms with Gasteiger partial charge in [0.15, 0.2) is 0 Å². The van der Waals surface area contributed by atoms with Gasteiger partial charge in [0.1, 0.15) is 11.6 Å². The fourth-order valence-electron chi connectivity index (χ4n) is 9.16. The molecule has 2 bridgehead atoms. The number of ether oxygens (including phenoxy) is 1. The average molecular weight is 836 g/mol. The third-order valence-electron chi connectivity index (χ3n) is 12.4. The summed E-state index contributed by atoms with van der Waals surface area (Å²) in [5.41, 5.74) is 4.55. The molecule has 4 aliphatic rings. The molecule has 14 nitrogen and oxygen atoms in total. The highest BCUT2D eigenvalue weighted by Crippen LogP contribution is 2.37. The number of pyridine rings is 1. The van der Waals surface area contributed by atoms with Crippen LogP contribution in [0.25, 0.3) is 11.3 Å². The van der Waals surface area contributed by atoms with Crippen LogP contribution in [0.15, 0.2) is 53.7 Å². The number of amides is 4. The van der Waals surface area contributed by atoms with Gasteiger partial charge in [0.2, 0.25) is 23.7 Å². The number of piperidine rings is 2. The van der Waals surface area contributed by atoms with Crippen molar-refractivity contribution in [3.63, 3.8) is 0 Å². The van der Waals surface area contributed by atoms with Crippen molar-refractivity contribution in [2.75, 3.05) is 50.1 Å². The molecule has 2 aromatic carbocycles. The number of nitrogens with zero attached hydrogens (tertiary/aromatic N) is 7. The molecule has 4 aromatic rings. The predicted molar refractivity (Wildman–Crippen MR) is 226 cm³/mol. The minimum Gasteiger partial charge on any atom is -0.477 e. The summed E-state index contributed by atoms with van der Waals surface area (Å²) in [5.74, 6) is -2.98. The van der Waals surface area contributed by atoms with Crippen molar-refractivity contribution in [1.29, 1.82) is 0 Å². The number of halogens is 2. The molecule has 2 fully saturated rings. The molecule has 0 aliphatic carbocycles. The van der Waals surface area contributed by atoms with Gasteiger partial charge in [-0.25, -0.2) is 13.5 Å². The maximum absolute atomic E-state index is 15.2. The lowest BCUT2D eigenvalue weighted by atomic mass is 9.88. The van der Waals surface area contributed by atoms with E-state index in [0.29, 0.717) is 84.7 Å². The van der Waals surface area contributed by atoms with Gasteiger partial charge in [0, 0.05) is 75.1 Å². The zero-order valence-corrected chi connectivity index (χ0v) is 35.1. The number of hydrogen-bond donors (Lipinski definition) is 2. The molecular weight excluding hydrogens is 785 g/mol. The molecule has 61 heavy (non-hydrogen) atoms. The Morgan fingerprint density at radius 1 is 1.00 bits per heavy atom. The first-order valence-corrected chi connectivity index (χ1v) is 21.0. The van der Waals surface area contributed by atoms with E-state index in [1.165, 1.54) is 12.1 Å². The van der Waals surface area contributed by atoms with Crippen molar-refractivity contribution in [3.8, 4) is 17.1 Å². The molecule has 2 aromatic heterocycles. The number of anilines is 2. The Kier molecular flexibility index (Phi) is 11.7. The second-order valence-corrected chi connectivity index (χ2v) is 17.0. The number of aromatic nitrogens is 3. The van der Waals surface area contributed by atoms with Crippen LogP contribution >= 0.6 is 0 Å². The Hall–Kier alpha value is -6.03. The number of aliphatic imine (C=N–C) groups is 1. The zero-order chi connectivity index (χ0) is 43.1. The number of likely N-dealkylation sites (tertiary alicyclic amines) is 1. The monoisotopic (exact) mass is 835 g/mol. The second-order valence-electron chi connectivity index (χ2n) is 17.0. The van der Waals surface area contributed by atoms with Crippen molar-refractivity contribution < 1.29 is 32.7 Å². The van der Waals surface area contributed by atoms with Crippen LogP contribution in [0.4, 0.5) is 20.2 Å². The minimum absolute atomic E-state index is 0.0365. The number of guanidine groups is 1. The number of rotatable bonds is 6. The van der Waals surface area contributed by atoms with Gasteiger partial charge in [-0.2, -0.15) is 10.1 Å². The fraction of sp³-hybridized carbons (Fsp3) is 0.444. The molecule has 0 unspecified atom stereocenters. The molecular formula is C45H51F2N9O5. The topological polar surface area (TPSA) is 154 Å². The van der Waals surface area contributed by atoms with Crippen LogP contribution in [0.5, 0.6) is 5.88 Å². The third-order valence-corrected chi connectivity index (χ3v) is 12.4. The van der Waals surface area contributed by atoms with E-state index in [-0.39, 0.29) is 42.2 Å². The number of aryl methyl sites for hydroxylation is 2. The Labute approximate surface area is 353 Å². The number of imide groups is 1. The van der Waals surface area contributed by atoms with Crippen LogP contribution < -0.4 is 20.3 Å². The number of benzene rings is 2. The second kappa shape index (κ2) is 17.1. The molecule has 320 valence electrons. The van der Waals surface area contributed by atoms with Gasteiger partial charge in [-0.05, 0) is 98.9 Å². The maximum atomic E-state index is 15.2. The summed E-state index contributed by atoms with van der Waals surface area (Å²) in [5, 5.41) is 9.90. The molecule has 2 saturated heterocycles. The number of nitrogens with one attached hydrogen (secondary N) is 2. The first kappa shape index (κ1) is 41.7. The van der Waals surface area contributed by atoms with Crippen molar-refractivity contribution >= 4 is 41.0 Å². The molecule has 4 amide bonds.